The molecule has 0 aliphatic carbocycles. The molecule has 2 rings (SSSR count). The molecular formula is C17H22N2O. The molecule has 0 saturated heterocycles. The molecule has 0 radical (unpaired) electrons. The van der Waals surface area contributed by atoms with Crippen LogP contribution in [0.15, 0.2) is 42.5 Å². The number of anilines is 1. The lowest BCUT2D eigenvalue weighted by atomic mass is 9.86. The molecule has 2 aromatic rings. The van der Waals surface area contributed by atoms with Gasteiger partial charge in [0.15, 0.2) is 0 Å². The zero-order valence-electron chi connectivity index (χ0n) is 12.6. The normalized spacial score (nSPS) is 11.2. The highest BCUT2D eigenvalue weighted by atomic mass is 16.5. The number of rotatable bonds is 4. The molecule has 0 saturated carbocycles. The number of nitrogens with one attached hydrogen (secondary N) is 1. The smallest absolute Gasteiger partial charge is 0.221 e. The highest BCUT2D eigenvalue weighted by Gasteiger charge is 2.18. The van der Waals surface area contributed by atoms with Gasteiger partial charge in [-0.15, -0.1) is 0 Å². The van der Waals surface area contributed by atoms with E-state index in [1.165, 1.54) is 5.56 Å². The van der Waals surface area contributed by atoms with E-state index in [0.717, 1.165) is 18.1 Å². The fourth-order valence-corrected chi connectivity index (χ4v) is 2.04. The van der Waals surface area contributed by atoms with Gasteiger partial charge in [0.25, 0.3) is 0 Å². The van der Waals surface area contributed by atoms with Gasteiger partial charge >= 0.3 is 0 Å². The Balaban J connectivity index is 2.28. The molecule has 20 heavy (non-hydrogen) atoms. The van der Waals surface area contributed by atoms with Crippen molar-refractivity contribution in [2.24, 2.45) is 0 Å². The van der Waals surface area contributed by atoms with Gasteiger partial charge in [0.05, 0.1) is 0 Å². The van der Waals surface area contributed by atoms with Crippen LogP contribution in [0.1, 0.15) is 33.3 Å². The van der Waals surface area contributed by atoms with Gasteiger partial charge in [-0.05, 0) is 24.5 Å². The molecule has 0 atom stereocenters. The molecule has 1 aromatic carbocycles. The van der Waals surface area contributed by atoms with E-state index in [9.17, 15) is 0 Å². The minimum Gasteiger partial charge on any atom is -0.439 e. The number of nitrogens with zero attached hydrogens (tertiary/aromatic N) is 1. The summed E-state index contributed by atoms with van der Waals surface area (Å²) in [6.07, 6.45) is 0. The summed E-state index contributed by atoms with van der Waals surface area (Å²) in [6, 6.07) is 13.9. The van der Waals surface area contributed by atoms with E-state index in [2.05, 4.69) is 37.1 Å². The summed E-state index contributed by atoms with van der Waals surface area (Å²) in [5.41, 5.74) is 1.21. The molecule has 0 spiro atoms. The first-order chi connectivity index (χ1) is 9.50. The SMILES string of the molecule is CCNc1cccc(Oc2ccccc2C(C)(C)C)n1. The van der Waals surface area contributed by atoms with Crippen molar-refractivity contribution in [3.8, 4) is 11.6 Å². The van der Waals surface area contributed by atoms with Gasteiger partial charge in [-0.3, -0.25) is 0 Å². The second kappa shape index (κ2) is 5.95. The number of hydrogen-bond donors (Lipinski definition) is 1. The Kier molecular flexibility index (Phi) is 4.28. The van der Waals surface area contributed by atoms with Crippen molar-refractivity contribution in [1.29, 1.82) is 0 Å². The molecule has 1 N–H and O–H groups in total. The second-order valence-corrected chi connectivity index (χ2v) is 5.74. The zero-order valence-corrected chi connectivity index (χ0v) is 12.6. The molecule has 0 fully saturated rings. The monoisotopic (exact) mass is 270 g/mol. The molecule has 106 valence electrons. The maximum Gasteiger partial charge on any atom is 0.221 e. The molecule has 0 amide bonds. The van der Waals surface area contributed by atoms with Crippen LogP contribution in [0, 0.1) is 0 Å². The van der Waals surface area contributed by atoms with Crippen molar-refractivity contribution in [1.82, 2.24) is 4.98 Å². The molecular weight excluding hydrogens is 248 g/mol. The van der Waals surface area contributed by atoms with Crippen LogP contribution in [0.25, 0.3) is 0 Å². The molecule has 0 aliphatic heterocycles. The van der Waals surface area contributed by atoms with Crippen LogP contribution in [0.4, 0.5) is 5.82 Å². The first-order valence-corrected chi connectivity index (χ1v) is 6.99. The molecule has 0 unspecified atom stereocenters. The fourth-order valence-electron chi connectivity index (χ4n) is 2.04. The first kappa shape index (κ1) is 14.4. The van der Waals surface area contributed by atoms with Crippen LogP contribution in [0.3, 0.4) is 0 Å². The van der Waals surface area contributed by atoms with E-state index >= 15 is 0 Å². The summed E-state index contributed by atoms with van der Waals surface area (Å²) >= 11 is 0. The number of pyridine rings is 1. The summed E-state index contributed by atoms with van der Waals surface area (Å²) < 4.78 is 5.97. The topological polar surface area (TPSA) is 34.1 Å². The van der Waals surface area contributed by atoms with Gasteiger partial charge in [-0.2, -0.15) is 4.98 Å². The maximum atomic E-state index is 5.97. The van der Waals surface area contributed by atoms with Crippen molar-refractivity contribution < 1.29 is 4.74 Å². The quantitative estimate of drug-likeness (QED) is 0.881. The highest BCUT2D eigenvalue weighted by Crippen LogP contribution is 2.33. The minimum atomic E-state index is 0.0376. The van der Waals surface area contributed by atoms with Crippen molar-refractivity contribution in [2.75, 3.05) is 11.9 Å². The lowest BCUT2D eigenvalue weighted by Crippen LogP contribution is -2.12. The molecule has 0 aliphatic rings. The third-order valence-corrected chi connectivity index (χ3v) is 2.99. The van der Waals surface area contributed by atoms with E-state index in [-0.39, 0.29) is 5.41 Å². The van der Waals surface area contributed by atoms with E-state index in [4.69, 9.17) is 4.74 Å². The average molecular weight is 270 g/mol. The maximum absolute atomic E-state index is 5.97. The number of hydrogen-bond acceptors (Lipinski definition) is 3. The number of para-hydroxylation sites is 1. The van der Waals surface area contributed by atoms with Crippen LogP contribution in [0.2, 0.25) is 0 Å². The predicted molar refractivity (Wildman–Crippen MR) is 83.6 cm³/mol. The third-order valence-electron chi connectivity index (χ3n) is 2.99. The minimum absolute atomic E-state index is 0.0376. The Morgan fingerprint density at radius 2 is 1.80 bits per heavy atom. The summed E-state index contributed by atoms with van der Waals surface area (Å²) in [7, 11) is 0. The molecule has 1 heterocycles. The molecule has 3 nitrogen and oxygen atoms in total. The molecule has 1 aromatic heterocycles. The molecule has 3 heteroatoms. The Labute approximate surface area is 121 Å². The van der Waals surface area contributed by atoms with Crippen LogP contribution >= 0.6 is 0 Å². The molecule has 0 bridgehead atoms. The second-order valence-electron chi connectivity index (χ2n) is 5.74. The predicted octanol–water partition coefficient (Wildman–Crippen LogP) is 4.60. The summed E-state index contributed by atoms with van der Waals surface area (Å²) in [5.74, 6) is 2.31. The van der Waals surface area contributed by atoms with Crippen molar-refractivity contribution in [2.45, 2.75) is 33.1 Å². The van der Waals surface area contributed by atoms with Gasteiger partial charge in [-0.1, -0.05) is 45.0 Å². The van der Waals surface area contributed by atoms with Gasteiger partial charge in [0.2, 0.25) is 5.88 Å². The number of aromatic nitrogens is 1. The standard InChI is InChI=1S/C17H22N2O/c1-5-18-15-11-8-12-16(19-15)20-14-10-7-6-9-13(14)17(2,3)4/h6-12H,5H2,1-4H3,(H,18,19). The lowest BCUT2D eigenvalue weighted by molar-refractivity contribution is 0.440. The van der Waals surface area contributed by atoms with Gasteiger partial charge in [0, 0.05) is 18.2 Å². The summed E-state index contributed by atoms with van der Waals surface area (Å²) in [5, 5.41) is 3.19. The van der Waals surface area contributed by atoms with Gasteiger partial charge in [0.1, 0.15) is 11.6 Å². The number of benzene rings is 1. The highest BCUT2D eigenvalue weighted by molar-refractivity contribution is 5.42. The fraction of sp³-hybridized carbons (Fsp3) is 0.353. The Morgan fingerprint density at radius 1 is 1.05 bits per heavy atom. The van der Waals surface area contributed by atoms with E-state index < -0.39 is 0 Å². The Hall–Kier alpha value is -2.03. The summed E-state index contributed by atoms with van der Waals surface area (Å²) in [4.78, 5) is 4.45. The van der Waals surface area contributed by atoms with E-state index in [1.807, 2.05) is 43.3 Å². The van der Waals surface area contributed by atoms with Gasteiger partial charge in [-0.25, -0.2) is 0 Å². The Morgan fingerprint density at radius 3 is 2.50 bits per heavy atom. The Bertz CT molecular complexity index is 573. The number of ether oxygens (including phenoxy) is 1. The van der Waals surface area contributed by atoms with Crippen LogP contribution in [0.5, 0.6) is 11.6 Å². The van der Waals surface area contributed by atoms with Gasteiger partial charge < -0.3 is 10.1 Å². The van der Waals surface area contributed by atoms with Crippen molar-refractivity contribution >= 4 is 5.82 Å². The summed E-state index contributed by atoms with van der Waals surface area (Å²) in [6.45, 7) is 9.42. The van der Waals surface area contributed by atoms with E-state index in [1.54, 1.807) is 0 Å². The van der Waals surface area contributed by atoms with Crippen LogP contribution in [-0.4, -0.2) is 11.5 Å². The van der Waals surface area contributed by atoms with E-state index in [0.29, 0.717) is 5.88 Å². The lowest BCUT2D eigenvalue weighted by Gasteiger charge is -2.22. The largest absolute Gasteiger partial charge is 0.439 e. The zero-order chi connectivity index (χ0) is 14.6. The average Bonchev–Trinajstić information content (AvgIpc) is 2.39. The van der Waals surface area contributed by atoms with Crippen LogP contribution < -0.4 is 10.1 Å². The first-order valence-electron chi connectivity index (χ1n) is 6.99. The van der Waals surface area contributed by atoms with Crippen LogP contribution in [-0.2, 0) is 5.41 Å². The third kappa shape index (κ3) is 3.50. The van der Waals surface area contributed by atoms with Crippen molar-refractivity contribution in [3.63, 3.8) is 0 Å². The van der Waals surface area contributed by atoms with Crippen molar-refractivity contribution in [3.05, 3.63) is 48.0 Å².